The molecule has 2 nitrogen and oxygen atoms in total. The van der Waals surface area contributed by atoms with Gasteiger partial charge in [-0.3, -0.25) is 8.78 Å². The molecule has 1 saturated carbocycles. The maximum atomic E-state index is 12.3. The quantitative estimate of drug-likeness (QED) is 0.501. The number of methoxy groups -OCH3 is 1. The molecule has 0 bridgehead atoms. The maximum Gasteiger partial charge on any atom is 0.330 e. The molecule has 0 aromatic carbocycles. The molecule has 0 saturated heterocycles. The monoisotopic (exact) mass is 190 g/mol. The van der Waals surface area contributed by atoms with E-state index in [1.165, 1.54) is 13.2 Å². The van der Waals surface area contributed by atoms with E-state index >= 15 is 0 Å². The van der Waals surface area contributed by atoms with Crippen LogP contribution in [-0.4, -0.2) is 26.4 Å². The second kappa shape index (κ2) is 3.85. The first-order valence-corrected chi connectivity index (χ1v) is 4.05. The van der Waals surface area contributed by atoms with E-state index in [1.54, 1.807) is 0 Å². The van der Waals surface area contributed by atoms with Gasteiger partial charge in [-0.05, 0) is 12.8 Å². The second-order valence-corrected chi connectivity index (χ2v) is 3.45. The predicted octanol–water partition coefficient (Wildman–Crippen LogP) is 1.80. The Morgan fingerprint density at radius 1 is 1.54 bits per heavy atom. The Balaban J connectivity index is 2.48. The van der Waals surface area contributed by atoms with Gasteiger partial charge in [0.15, 0.2) is 0 Å². The van der Waals surface area contributed by atoms with Gasteiger partial charge in [-0.1, -0.05) is 5.57 Å². The zero-order valence-corrected chi connectivity index (χ0v) is 7.48. The number of halogens is 2. The van der Waals surface area contributed by atoms with Gasteiger partial charge in [-0.15, -0.1) is 0 Å². The van der Waals surface area contributed by atoms with Crippen LogP contribution >= 0.6 is 0 Å². The summed E-state index contributed by atoms with van der Waals surface area (Å²) in [6.07, 6.45) is 1.97. The lowest BCUT2D eigenvalue weighted by Crippen LogP contribution is -2.36. The van der Waals surface area contributed by atoms with Gasteiger partial charge in [0.25, 0.3) is 0 Å². The van der Waals surface area contributed by atoms with Gasteiger partial charge in [0.1, 0.15) is 0 Å². The third-order valence-electron chi connectivity index (χ3n) is 2.29. The molecule has 1 fully saturated rings. The minimum absolute atomic E-state index is 0.328. The van der Waals surface area contributed by atoms with Crippen molar-refractivity contribution in [2.45, 2.75) is 12.8 Å². The van der Waals surface area contributed by atoms with Gasteiger partial charge in [0, 0.05) is 11.5 Å². The first-order chi connectivity index (χ1) is 6.15. The summed E-state index contributed by atoms with van der Waals surface area (Å²) in [6, 6.07) is 0. The van der Waals surface area contributed by atoms with E-state index in [4.69, 9.17) is 0 Å². The van der Waals surface area contributed by atoms with Crippen molar-refractivity contribution >= 4 is 5.97 Å². The Hall–Kier alpha value is -0.930. The Morgan fingerprint density at radius 2 is 2.08 bits per heavy atom. The molecule has 0 aromatic heterocycles. The minimum atomic E-state index is -0.847. The molecule has 0 N–H and O–H groups in total. The summed E-state index contributed by atoms with van der Waals surface area (Å²) in [7, 11) is 1.27. The first-order valence-electron chi connectivity index (χ1n) is 4.05. The Bertz CT molecular complexity index is 222. The molecular formula is C9H12F2O2. The fourth-order valence-electron chi connectivity index (χ4n) is 1.46. The zero-order valence-electron chi connectivity index (χ0n) is 7.48. The number of carbonyl (C=O) groups excluding carboxylic acids is 1. The third kappa shape index (κ3) is 2.05. The highest BCUT2D eigenvalue weighted by atomic mass is 19.1. The largest absolute Gasteiger partial charge is 0.466 e. The molecule has 0 heterocycles. The van der Waals surface area contributed by atoms with Crippen LogP contribution in [0.3, 0.4) is 0 Å². The normalized spacial score (nSPS) is 19.2. The lowest BCUT2D eigenvalue weighted by Gasteiger charge is -2.39. The molecule has 0 radical (unpaired) electrons. The molecule has 0 amide bonds. The molecule has 13 heavy (non-hydrogen) atoms. The zero-order chi connectivity index (χ0) is 9.90. The number of ether oxygens (including phenoxy) is 1. The molecule has 0 aliphatic heterocycles. The Morgan fingerprint density at radius 3 is 2.46 bits per heavy atom. The van der Waals surface area contributed by atoms with Crippen molar-refractivity contribution in [2.24, 2.45) is 5.41 Å². The Kier molecular flexibility index (Phi) is 3.01. The number of hydrogen-bond acceptors (Lipinski definition) is 2. The SMILES string of the molecule is COC(=O)C=C1CC(CF)(CF)C1. The van der Waals surface area contributed by atoms with Crippen molar-refractivity contribution in [3.63, 3.8) is 0 Å². The van der Waals surface area contributed by atoms with Gasteiger partial charge in [0.05, 0.1) is 20.5 Å². The van der Waals surface area contributed by atoms with E-state index in [2.05, 4.69) is 4.74 Å². The molecule has 0 unspecified atom stereocenters. The van der Waals surface area contributed by atoms with Crippen molar-refractivity contribution in [2.75, 3.05) is 20.5 Å². The van der Waals surface area contributed by atoms with Crippen LogP contribution in [-0.2, 0) is 9.53 Å². The van der Waals surface area contributed by atoms with E-state index < -0.39 is 24.7 Å². The average molecular weight is 190 g/mol. The van der Waals surface area contributed by atoms with E-state index in [9.17, 15) is 13.6 Å². The maximum absolute atomic E-state index is 12.3. The molecule has 1 aliphatic carbocycles. The third-order valence-corrected chi connectivity index (χ3v) is 2.29. The second-order valence-electron chi connectivity index (χ2n) is 3.45. The number of alkyl halides is 2. The Labute approximate surface area is 75.6 Å². The fraction of sp³-hybridized carbons (Fsp3) is 0.667. The summed E-state index contributed by atoms with van der Waals surface area (Å²) in [4.78, 5) is 10.7. The van der Waals surface area contributed by atoms with Crippen molar-refractivity contribution in [1.29, 1.82) is 0 Å². The van der Waals surface area contributed by atoms with Crippen molar-refractivity contribution in [3.05, 3.63) is 11.6 Å². The number of esters is 1. The molecule has 0 spiro atoms. The summed E-state index contributed by atoms with van der Waals surface area (Å²) >= 11 is 0. The molecule has 74 valence electrons. The average Bonchev–Trinajstić information content (AvgIpc) is 2.10. The van der Waals surface area contributed by atoms with Gasteiger partial charge in [0.2, 0.25) is 0 Å². The van der Waals surface area contributed by atoms with Crippen LogP contribution in [0.15, 0.2) is 11.6 Å². The topological polar surface area (TPSA) is 26.3 Å². The van der Waals surface area contributed by atoms with E-state index in [-0.39, 0.29) is 0 Å². The van der Waals surface area contributed by atoms with Crippen LogP contribution in [0, 0.1) is 5.41 Å². The highest BCUT2D eigenvalue weighted by Gasteiger charge is 2.41. The van der Waals surface area contributed by atoms with Crippen LogP contribution in [0.2, 0.25) is 0 Å². The molecule has 1 rings (SSSR count). The number of hydrogen-bond donors (Lipinski definition) is 0. The molecular weight excluding hydrogens is 178 g/mol. The molecule has 0 atom stereocenters. The van der Waals surface area contributed by atoms with Gasteiger partial charge < -0.3 is 4.74 Å². The smallest absolute Gasteiger partial charge is 0.330 e. The fourth-order valence-corrected chi connectivity index (χ4v) is 1.46. The van der Waals surface area contributed by atoms with Crippen LogP contribution in [0.5, 0.6) is 0 Å². The molecule has 0 aromatic rings. The lowest BCUT2D eigenvalue weighted by atomic mass is 9.67. The number of allylic oxidation sites excluding steroid dienone is 1. The highest BCUT2D eigenvalue weighted by Crippen LogP contribution is 2.45. The standard InChI is InChI=1S/C9H12F2O2/c1-13-8(12)2-7-3-9(4-7,5-10)6-11/h2H,3-6H2,1H3. The van der Waals surface area contributed by atoms with E-state index in [0.717, 1.165) is 5.57 Å². The number of carbonyl (C=O) groups is 1. The van der Waals surface area contributed by atoms with Gasteiger partial charge in [-0.25, -0.2) is 4.79 Å². The molecule has 1 aliphatic rings. The number of rotatable bonds is 3. The van der Waals surface area contributed by atoms with Crippen molar-refractivity contribution < 1.29 is 18.3 Å². The molecule has 4 heteroatoms. The van der Waals surface area contributed by atoms with Gasteiger partial charge in [-0.2, -0.15) is 0 Å². The van der Waals surface area contributed by atoms with Crippen LogP contribution in [0.25, 0.3) is 0 Å². The first kappa shape index (κ1) is 10.2. The highest BCUT2D eigenvalue weighted by molar-refractivity contribution is 5.83. The predicted molar refractivity (Wildman–Crippen MR) is 43.7 cm³/mol. The van der Waals surface area contributed by atoms with Crippen LogP contribution < -0.4 is 0 Å². The van der Waals surface area contributed by atoms with Crippen molar-refractivity contribution in [3.8, 4) is 0 Å². The van der Waals surface area contributed by atoms with Gasteiger partial charge >= 0.3 is 5.97 Å². The van der Waals surface area contributed by atoms with Crippen LogP contribution in [0.4, 0.5) is 8.78 Å². The van der Waals surface area contributed by atoms with Crippen LogP contribution in [0.1, 0.15) is 12.8 Å². The van der Waals surface area contributed by atoms with Crippen molar-refractivity contribution in [1.82, 2.24) is 0 Å². The minimum Gasteiger partial charge on any atom is -0.466 e. The van der Waals surface area contributed by atoms with E-state index in [0.29, 0.717) is 12.8 Å². The summed E-state index contributed by atoms with van der Waals surface area (Å²) in [5.74, 6) is -0.457. The summed E-state index contributed by atoms with van der Waals surface area (Å²) in [6.45, 7) is -1.33. The summed E-state index contributed by atoms with van der Waals surface area (Å²) in [5, 5.41) is 0. The van der Waals surface area contributed by atoms with E-state index in [1.807, 2.05) is 0 Å². The lowest BCUT2D eigenvalue weighted by molar-refractivity contribution is -0.135. The summed E-state index contributed by atoms with van der Waals surface area (Å²) in [5.41, 5.74) is -0.0815. The summed E-state index contributed by atoms with van der Waals surface area (Å²) < 4.78 is 29.0.